The molecule has 7 nitrogen and oxygen atoms in total. The number of β-amino-alcohol motifs (C(OH)–C–C–N with tert-alkyl or cyclic N) is 2. The van der Waals surface area contributed by atoms with Crippen LogP contribution in [0.2, 0.25) is 0 Å². The molecule has 2 N–H and O–H groups in total. The van der Waals surface area contributed by atoms with E-state index in [-0.39, 0.29) is 31.4 Å². The van der Waals surface area contributed by atoms with Gasteiger partial charge in [0.2, 0.25) is 0 Å². The number of benzene rings is 1. The SMILES string of the molecule is COc1ccc(F)c(CN2CCC[C@@](O)(CN3CCN(CCO)CC3)C2=O)c1. The maximum atomic E-state index is 14.2. The summed E-state index contributed by atoms with van der Waals surface area (Å²) in [4.78, 5) is 18.8. The lowest BCUT2D eigenvalue weighted by Gasteiger charge is -2.43. The number of hydrogen-bond donors (Lipinski definition) is 2. The van der Waals surface area contributed by atoms with E-state index in [1.54, 1.807) is 17.0 Å². The summed E-state index contributed by atoms with van der Waals surface area (Å²) < 4.78 is 19.3. The first-order valence-electron chi connectivity index (χ1n) is 9.85. The monoisotopic (exact) mass is 395 g/mol. The van der Waals surface area contributed by atoms with Crippen LogP contribution in [0, 0.1) is 5.82 Å². The molecule has 2 saturated heterocycles. The van der Waals surface area contributed by atoms with E-state index in [0.717, 1.165) is 26.2 Å². The molecule has 156 valence electrons. The fourth-order valence-electron chi connectivity index (χ4n) is 4.05. The highest BCUT2D eigenvalue weighted by atomic mass is 19.1. The molecule has 0 bridgehead atoms. The van der Waals surface area contributed by atoms with E-state index >= 15 is 0 Å². The van der Waals surface area contributed by atoms with Crippen molar-refractivity contribution in [3.8, 4) is 5.75 Å². The van der Waals surface area contributed by atoms with E-state index in [0.29, 0.717) is 37.2 Å². The third kappa shape index (κ3) is 4.81. The number of amides is 1. The molecular formula is C20H30FN3O4. The van der Waals surface area contributed by atoms with Gasteiger partial charge in [-0.3, -0.25) is 14.6 Å². The van der Waals surface area contributed by atoms with Gasteiger partial charge in [0.1, 0.15) is 11.6 Å². The van der Waals surface area contributed by atoms with E-state index in [1.807, 2.05) is 0 Å². The Hall–Kier alpha value is -1.74. The lowest BCUT2D eigenvalue weighted by atomic mass is 9.90. The van der Waals surface area contributed by atoms with Crippen molar-refractivity contribution in [2.24, 2.45) is 0 Å². The lowest BCUT2D eigenvalue weighted by Crippen LogP contribution is -2.60. The van der Waals surface area contributed by atoms with Crippen molar-refractivity contribution in [3.63, 3.8) is 0 Å². The molecule has 1 amide bonds. The zero-order valence-corrected chi connectivity index (χ0v) is 16.4. The number of rotatable bonds is 7. The number of piperazine rings is 1. The molecule has 1 aromatic rings. The van der Waals surface area contributed by atoms with Crippen LogP contribution in [0.5, 0.6) is 5.75 Å². The Morgan fingerprint density at radius 2 is 1.89 bits per heavy atom. The molecule has 1 atom stereocenters. The van der Waals surface area contributed by atoms with Gasteiger partial charge in [-0.15, -0.1) is 0 Å². The molecule has 0 aromatic heterocycles. The maximum Gasteiger partial charge on any atom is 0.256 e. The summed E-state index contributed by atoms with van der Waals surface area (Å²) >= 11 is 0. The summed E-state index contributed by atoms with van der Waals surface area (Å²) in [5.41, 5.74) is -1.05. The number of aliphatic hydroxyl groups excluding tert-OH is 1. The number of carbonyl (C=O) groups excluding carboxylic acids is 1. The van der Waals surface area contributed by atoms with Crippen LogP contribution in [0.3, 0.4) is 0 Å². The number of methoxy groups -OCH3 is 1. The van der Waals surface area contributed by atoms with Gasteiger partial charge in [0.05, 0.1) is 13.7 Å². The van der Waals surface area contributed by atoms with Crippen LogP contribution >= 0.6 is 0 Å². The van der Waals surface area contributed by atoms with Crippen molar-refractivity contribution in [2.45, 2.75) is 25.0 Å². The molecule has 0 radical (unpaired) electrons. The Labute approximate surface area is 165 Å². The second-order valence-electron chi connectivity index (χ2n) is 7.66. The molecule has 3 rings (SSSR count). The van der Waals surface area contributed by atoms with Crippen molar-refractivity contribution < 1.29 is 24.1 Å². The van der Waals surface area contributed by atoms with Crippen LogP contribution in [0.4, 0.5) is 4.39 Å². The van der Waals surface area contributed by atoms with Crippen LogP contribution in [-0.4, -0.2) is 96.0 Å². The molecule has 1 aromatic carbocycles. The van der Waals surface area contributed by atoms with Gasteiger partial charge in [-0.2, -0.15) is 0 Å². The predicted molar refractivity (Wildman–Crippen MR) is 103 cm³/mol. The number of hydrogen-bond acceptors (Lipinski definition) is 6. The summed E-state index contributed by atoms with van der Waals surface area (Å²) in [5, 5.41) is 20.1. The standard InChI is InChI=1S/C20H30FN3O4/c1-28-17-3-4-18(21)16(13-17)14-24-6-2-5-20(27,19(24)26)15-23-9-7-22(8-10-23)11-12-25/h3-4,13,25,27H,2,5-12,14-15H2,1H3/t20-/m1/s1. The van der Waals surface area contributed by atoms with Crippen molar-refractivity contribution in [3.05, 3.63) is 29.6 Å². The van der Waals surface area contributed by atoms with Crippen molar-refractivity contribution in [1.29, 1.82) is 0 Å². The summed E-state index contributed by atoms with van der Waals surface area (Å²) in [6.45, 7) is 4.81. The predicted octanol–water partition coefficient (Wildman–Crippen LogP) is 0.298. The van der Waals surface area contributed by atoms with Gasteiger partial charge < -0.3 is 19.8 Å². The summed E-state index contributed by atoms with van der Waals surface area (Å²) in [6.07, 6.45) is 1.10. The van der Waals surface area contributed by atoms with E-state index in [9.17, 15) is 14.3 Å². The van der Waals surface area contributed by atoms with Crippen molar-refractivity contribution in [1.82, 2.24) is 14.7 Å². The second-order valence-corrected chi connectivity index (χ2v) is 7.66. The average Bonchev–Trinajstić information content (AvgIpc) is 2.69. The minimum absolute atomic E-state index is 0.119. The molecule has 8 heteroatoms. The first-order chi connectivity index (χ1) is 13.4. The third-order valence-corrected chi connectivity index (χ3v) is 5.68. The van der Waals surface area contributed by atoms with E-state index in [4.69, 9.17) is 9.84 Å². The van der Waals surface area contributed by atoms with Crippen molar-refractivity contribution in [2.75, 3.05) is 59.5 Å². The Kier molecular flexibility index (Phi) is 6.87. The number of ether oxygens (including phenoxy) is 1. The highest BCUT2D eigenvalue weighted by Crippen LogP contribution is 2.27. The number of halogens is 1. The molecule has 0 aliphatic carbocycles. The molecule has 2 aliphatic rings. The number of piperidine rings is 1. The van der Waals surface area contributed by atoms with Crippen LogP contribution in [0.15, 0.2) is 18.2 Å². The van der Waals surface area contributed by atoms with Gasteiger partial charge in [-0.25, -0.2) is 4.39 Å². The highest BCUT2D eigenvalue weighted by Gasteiger charge is 2.43. The Balaban J connectivity index is 1.63. The molecule has 2 aliphatic heterocycles. The van der Waals surface area contributed by atoms with E-state index < -0.39 is 5.60 Å². The maximum absolute atomic E-state index is 14.2. The number of nitrogens with zero attached hydrogens (tertiary/aromatic N) is 3. The van der Waals surface area contributed by atoms with Gasteiger partial charge in [0.25, 0.3) is 5.91 Å². The van der Waals surface area contributed by atoms with Gasteiger partial charge in [-0.05, 0) is 31.0 Å². The molecule has 28 heavy (non-hydrogen) atoms. The normalized spacial score (nSPS) is 24.6. The highest BCUT2D eigenvalue weighted by molar-refractivity contribution is 5.86. The minimum Gasteiger partial charge on any atom is -0.497 e. The van der Waals surface area contributed by atoms with Gasteiger partial charge in [0, 0.05) is 57.9 Å². The van der Waals surface area contributed by atoms with E-state index in [2.05, 4.69) is 9.80 Å². The Morgan fingerprint density at radius 1 is 1.18 bits per heavy atom. The molecule has 2 heterocycles. The van der Waals surface area contributed by atoms with Crippen LogP contribution < -0.4 is 4.74 Å². The third-order valence-electron chi connectivity index (χ3n) is 5.68. The van der Waals surface area contributed by atoms with Crippen LogP contribution in [0.25, 0.3) is 0 Å². The average molecular weight is 395 g/mol. The zero-order valence-electron chi connectivity index (χ0n) is 16.4. The van der Waals surface area contributed by atoms with Gasteiger partial charge in [-0.1, -0.05) is 0 Å². The van der Waals surface area contributed by atoms with Gasteiger partial charge >= 0.3 is 0 Å². The fourth-order valence-corrected chi connectivity index (χ4v) is 4.05. The van der Waals surface area contributed by atoms with Gasteiger partial charge in [0.15, 0.2) is 5.60 Å². The summed E-state index contributed by atoms with van der Waals surface area (Å²) in [7, 11) is 1.52. The fraction of sp³-hybridized carbons (Fsp3) is 0.650. The quantitative estimate of drug-likeness (QED) is 0.692. The molecular weight excluding hydrogens is 365 g/mol. The zero-order chi connectivity index (χ0) is 20.1. The first-order valence-corrected chi connectivity index (χ1v) is 9.85. The molecule has 2 fully saturated rings. The second kappa shape index (κ2) is 9.17. The number of carbonyl (C=O) groups is 1. The number of aliphatic hydroxyl groups is 2. The minimum atomic E-state index is -1.44. The lowest BCUT2D eigenvalue weighted by molar-refractivity contribution is -0.160. The molecule has 0 spiro atoms. The summed E-state index contributed by atoms with van der Waals surface area (Å²) in [6, 6.07) is 4.47. The van der Waals surface area contributed by atoms with Crippen LogP contribution in [0.1, 0.15) is 18.4 Å². The van der Waals surface area contributed by atoms with Crippen molar-refractivity contribution >= 4 is 5.91 Å². The topological polar surface area (TPSA) is 76.5 Å². The Bertz CT molecular complexity index is 681. The largest absolute Gasteiger partial charge is 0.497 e. The Morgan fingerprint density at radius 3 is 2.57 bits per heavy atom. The van der Waals surface area contributed by atoms with Crippen LogP contribution in [-0.2, 0) is 11.3 Å². The molecule has 0 unspecified atom stereocenters. The first kappa shape index (κ1) is 21.0. The molecule has 0 saturated carbocycles. The van der Waals surface area contributed by atoms with E-state index in [1.165, 1.54) is 13.2 Å². The summed E-state index contributed by atoms with van der Waals surface area (Å²) in [5.74, 6) is -0.182. The number of likely N-dealkylation sites (tertiary alicyclic amines) is 1. The smallest absolute Gasteiger partial charge is 0.256 e.